The van der Waals surface area contributed by atoms with Crippen LogP contribution in [0.25, 0.3) is 0 Å². The van der Waals surface area contributed by atoms with Gasteiger partial charge >= 0.3 is 6.09 Å². The maximum atomic E-state index is 12.2. The van der Waals surface area contributed by atoms with Gasteiger partial charge in [0.15, 0.2) is 11.5 Å². The quantitative estimate of drug-likeness (QED) is 0.643. The molecule has 29 heavy (non-hydrogen) atoms. The maximum absolute atomic E-state index is 12.2. The first kappa shape index (κ1) is 21.6. The number of hydrogen-bond acceptors (Lipinski definition) is 6. The first-order chi connectivity index (χ1) is 13.8. The van der Waals surface area contributed by atoms with Crippen LogP contribution >= 0.6 is 0 Å². The molecule has 1 amide bonds. The standard InChI is InChI=1S/C22H34N2O5/c1-22(2,3)29-21(25)23(4)14-17-7-5-10-24(15-17)11-6-12-26-18-8-9-19-20(13-18)28-16-27-19/h8-9,13,17H,5-7,10-12,14-16H2,1-4H3/t17-/m0/s1. The van der Waals surface area contributed by atoms with E-state index in [0.29, 0.717) is 12.5 Å². The van der Waals surface area contributed by atoms with E-state index in [1.165, 1.54) is 0 Å². The summed E-state index contributed by atoms with van der Waals surface area (Å²) in [6.07, 6.45) is 3.03. The Kier molecular flexibility index (Phi) is 7.11. The second-order valence-corrected chi connectivity index (χ2v) is 8.89. The van der Waals surface area contributed by atoms with Crippen molar-refractivity contribution in [3.8, 4) is 17.2 Å². The van der Waals surface area contributed by atoms with Crippen molar-refractivity contribution in [1.29, 1.82) is 0 Å². The topological polar surface area (TPSA) is 60.5 Å². The van der Waals surface area contributed by atoms with Crippen molar-refractivity contribution in [1.82, 2.24) is 9.80 Å². The number of carbonyl (C=O) groups excluding carboxylic acids is 1. The number of amides is 1. The van der Waals surface area contributed by atoms with Crippen molar-refractivity contribution < 1.29 is 23.7 Å². The molecule has 0 aliphatic carbocycles. The van der Waals surface area contributed by atoms with Crippen LogP contribution in [0.2, 0.25) is 0 Å². The lowest BCUT2D eigenvalue weighted by atomic mass is 9.97. The molecule has 0 bridgehead atoms. The number of piperidine rings is 1. The summed E-state index contributed by atoms with van der Waals surface area (Å²) in [6, 6.07) is 5.68. The first-order valence-electron chi connectivity index (χ1n) is 10.5. The Morgan fingerprint density at radius 2 is 2.07 bits per heavy atom. The highest BCUT2D eigenvalue weighted by Crippen LogP contribution is 2.35. The van der Waals surface area contributed by atoms with Crippen molar-refractivity contribution in [3.05, 3.63) is 18.2 Å². The normalized spacial score (nSPS) is 19.1. The van der Waals surface area contributed by atoms with Gasteiger partial charge in [0, 0.05) is 32.7 Å². The molecular formula is C22H34N2O5. The Hall–Kier alpha value is -2.15. The largest absolute Gasteiger partial charge is 0.493 e. The summed E-state index contributed by atoms with van der Waals surface area (Å²) in [6.45, 7) is 10.5. The zero-order valence-corrected chi connectivity index (χ0v) is 18.1. The molecule has 2 heterocycles. The molecule has 2 aliphatic heterocycles. The number of likely N-dealkylation sites (tertiary alicyclic amines) is 1. The average Bonchev–Trinajstić information content (AvgIpc) is 3.12. The number of fused-ring (bicyclic) bond motifs is 1. The van der Waals surface area contributed by atoms with Crippen LogP contribution in [0, 0.1) is 5.92 Å². The summed E-state index contributed by atoms with van der Waals surface area (Å²) in [7, 11) is 1.83. The molecule has 0 N–H and O–H groups in total. The van der Waals surface area contributed by atoms with Crippen LogP contribution in [0.15, 0.2) is 18.2 Å². The van der Waals surface area contributed by atoms with Gasteiger partial charge in [-0.1, -0.05) is 0 Å². The minimum atomic E-state index is -0.456. The highest BCUT2D eigenvalue weighted by Gasteiger charge is 2.25. The Labute approximate surface area is 173 Å². The minimum Gasteiger partial charge on any atom is -0.493 e. The van der Waals surface area contributed by atoms with Gasteiger partial charge in [-0.05, 0) is 64.6 Å². The monoisotopic (exact) mass is 406 g/mol. The van der Waals surface area contributed by atoms with E-state index >= 15 is 0 Å². The van der Waals surface area contributed by atoms with Crippen LogP contribution in [0.3, 0.4) is 0 Å². The molecule has 0 aromatic heterocycles. The second-order valence-electron chi connectivity index (χ2n) is 8.89. The molecule has 1 aromatic rings. The molecule has 0 saturated carbocycles. The zero-order chi connectivity index (χ0) is 20.9. The molecule has 1 fully saturated rings. The van der Waals surface area contributed by atoms with Gasteiger partial charge in [-0.15, -0.1) is 0 Å². The Morgan fingerprint density at radius 3 is 2.86 bits per heavy atom. The molecule has 1 aromatic carbocycles. The van der Waals surface area contributed by atoms with E-state index in [1.807, 2.05) is 46.0 Å². The lowest BCUT2D eigenvalue weighted by molar-refractivity contribution is 0.0243. The SMILES string of the molecule is CN(C[C@@H]1CCCN(CCCOc2ccc3c(c2)OCO3)C1)C(=O)OC(C)(C)C. The van der Waals surface area contributed by atoms with E-state index in [-0.39, 0.29) is 12.9 Å². The van der Waals surface area contributed by atoms with E-state index in [0.717, 1.165) is 62.7 Å². The molecular weight excluding hydrogens is 372 g/mol. The third kappa shape index (κ3) is 6.70. The van der Waals surface area contributed by atoms with E-state index in [9.17, 15) is 4.79 Å². The summed E-state index contributed by atoms with van der Waals surface area (Å²) >= 11 is 0. The fourth-order valence-electron chi connectivity index (χ4n) is 3.75. The van der Waals surface area contributed by atoms with Crippen molar-refractivity contribution in [3.63, 3.8) is 0 Å². The minimum absolute atomic E-state index is 0.244. The average molecular weight is 407 g/mol. The van der Waals surface area contributed by atoms with E-state index in [2.05, 4.69) is 4.90 Å². The van der Waals surface area contributed by atoms with Gasteiger partial charge in [0.25, 0.3) is 0 Å². The van der Waals surface area contributed by atoms with Gasteiger partial charge < -0.3 is 28.7 Å². The smallest absolute Gasteiger partial charge is 0.410 e. The van der Waals surface area contributed by atoms with E-state index < -0.39 is 5.60 Å². The Bertz CT molecular complexity index is 688. The van der Waals surface area contributed by atoms with Gasteiger partial charge in [0.1, 0.15) is 11.4 Å². The first-order valence-corrected chi connectivity index (χ1v) is 10.5. The molecule has 1 saturated heterocycles. The Morgan fingerprint density at radius 1 is 1.28 bits per heavy atom. The van der Waals surface area contributed by atoms with E-state index in [4.69, 9.17) is 18.9 Å². The fourth-order valence-corrected chi connectivity index (χ4v) is 3.75. The van der Waals surface area contributed by atoms with Gasteiger partial charge in [0.2, 0.25) is 6.79 Å². The molecule has 0 spiro atoms. The lowest BCUT2D eigenvalue weighted by Gasteiger charge is -2.35. The molecule has 0 unspecified atom stereocenters. The predicted molar refractivity (Wildman–Crippen MR) is 111 cm³/mol. The third-order valence-electron chi connectivity index (χ3n) is 5.07. The summed E-state index contributed by atoms with van der Waals surface area (Å²) in [5, 5.41) is 0. The summed E-state index contributed by atoms with van der Waals surface area (Å²) in [5.74, 6) is 2.81. The lowest BCUT2D eigenvalue weighted by Crippen LogP contribution is -2.43. The number of nitrogens with zero attached hydrogens (tertiary/aromatic N) is 2. The number of rotatable bonds is 7. The third-order valence-corrected chi connectivity index (χ3v) is 5.07. The summed E-state index contributed by atoms with van der Waals surface area (Å²) in [5.41, 5.74) is -0.456. The van der Waals surface area contributed by atoms with Crippen molar-refractivity contribution in [2.75, 3.05) is 46.6 Å². The summed E-state index contributed by atoms with van der Waals surface area (Å²) < 4.78 is 22.0. The molecule has 1 atom stereocenters. The number of hydrogen-bond donors (Lipinski definition) is 0. The zero-order valence-electron chi connectivity index (χ0n) is 18.1. The number of benzene rings is 1. The van der Waals surface area contributed by atoms with Gasteiger partial charge in [-0.2, -0.15) is 0 Å². The maximum Gasteiger partial charge on any atom is 0.410 e. The molecule has 0 radical (unpaired) electrons. The van der Waals surface area contributed by atoms with Crippen molar-refractivity contribution >= 4 is 6.09 Å². The van der Waals surface area contributed by atoms with Crippen LogP contribution < -0.4 is 14.2 Å². The van der Waals surface area contributed by atoms with E-state index in [1.54, 1.807) is 4.90 Å². The predicted octanol–water partition coefficient (Wildman–Crippen LogP) is 3.76. The molecule has 7 heteroatoms. The van der Waals surface area contributed by atoms with Crippen LogP contribution in [-0.2, 0) is 4.74 Å². The van der Waals surface area contributed by atoms with Crippen LogP contribution in [0.1, 0.15) is 40.0 Å². The van der Waals surface area contributed by atoms with Gasteiger partial charge in [-0.3, -0.25) is 0 Å². The highest BCUT2D eigenvalue weighted by atomic mass is 16.7. The van der Waals surface area contributed by atoms with Crippen molar-refractivity contribution in [2.45, 2.75) is 45.6 Å². The van der Waals surface area contributed by atoms with Crippen LogP contribution in [-0.4, -0.2) is 68.1 Å². The molecule has 7 nitrogen and oxygen atoms in total. The Balaban J connectivity index is 1.36. The fraction of sp³-hybridized carbons (Fsp3) is 0.682. The second kappa shape index (κ2) is 9.57. The molecule has 3 rings (SSSR count). The highest BCUT2D eigenvalue weighted by molar-refractivity contribution is 5.67. The van der Waals surface area contributed by atoms with Crippen molar-refractivity contribution in [2.24, 2.45) is 5.92 Å². The van der Waals surface area contributed by atoms with Gasteiger partial charge in [-0.25, -0.2) is 4.79 Å². The van der Waals surface area contributed by atoms with Crippen LogP contribution in [0.4, 0.5) is 4.79 Å². The summed E-state index contributed by atoms with van der Waals surface area (Å²) in [4.78, 5) is 16.4. The number of ether oxygens (including phenoxy) is 4. The van der Waals surface area contributed by atoms with Gasteiger partial charge in [0.05, 0.1) is 6.61 Å². The van der Waals surface area contributed by atoms with Crippen LogP contribution in [0.5, 0.6) is 17.2 Å². The number of carbonyl (C=O) groups is 1. The molecule has 162 valence electrons. The molecule has 2 aliphatic rings.